The molecule has 2 nitrogen and oxygen atoms in total. The van der Waals surface area contributed by atoms with Crippen LogP contribution in [0.3, 0.4) is 0 Å². The molecule has 1 aliphatic rings. The number of carbonyl (C=O) groups is 1. The minimum Gasteiger partial charge on any atom is -0.426 e. The number of rotatable bonds is 6. The van der Waals surface area contributed by atoms with Crippen molar-refractivity contribution >= 4 is 14.8 Å². The minimum atomic E-state index is -1.02. The smallest absolute Gasteiger partial charge is 0.314 e. The van der Waals surface area contributed by atoms with E-state index in [1.807, 2.05) is 0 Å². The Labute approximate surface area is 136 Å². The van der Waals surface area contributed by atoms with Crippen molar-refractivity contribution in [3.05, 3.63) is 29.8 Å². The first-order chi connectivity index (χ1) is 11.0. The van der Waals surface area contributed by atoms with Crippen molar-refractivity contribution in [3.8, 4) is 5.75 Å². The van der Waals surface area contributed by atoms with Gasteiger partial charge < -0.3 is 4.74 Å². The highest BCUT2D eigenvalue weighted by atomic mass is 28.3. The van der Waals surface area contributed by atoms with E-state index in [0.29, 0.717) is 6.42 Å². The summed E-state index contributed by atoms with van der Waals surface area (Å²) in [6.07, 6.45) is 2.37. The van der Waals surface area contributed by atoms with E-state index in [1.165, 1.54) is 6.07 Å². The van der Waals surface area contributed by atoms with Crippen LogP contribution >= 0.6 is 0 Å². The van der Waals surface area contributed by atoms with Gasteiger partial charge in [-0.1, -0.05) is 24.6 Å². The third-order valence-corrected chi connectivity index (χ3v) is 7.32. The van der Waals surface area contributed by atoms with Crippen LogP contribution in [0.5, 0.6) is 5.75 Å². The number of carbonyl (C=O) groups excluding carboxylic acids is 1. The molecule has 0 bridgehead atoms. The Bertz CT molecular complexity index is 529. The zero-order valence-corrected chi connectivity index (χ0v) is 14.3. The lowest BCUT2D eigenvalue weighted by Crippen LogP contribution is -2.28. The van der Waals surface area contributed by atoms with Crippen molar-refractivity contribution < 1.29 is 22.7 Å². The largest absolute Gasteiger partial charge is 0.426 e. The Morgan fingerprint density at radius 2 is 2.00 bits per heavy atom. The van der Waals surface area contributed by atoms with Gasteiger partial charge in [0, 0.05) is 14.9 Å². The van der Waals surface area contributed by atoms with E-state index in [9.17, 15) is 18.0 Å². The maximum Gasteiger partial charge on any atom is 0.314 e. The molecule has 1 aromatic carbocycles. The fraction of sp³-hybridized carbons (Fsp3) is 0.588. The molecule has 1 aliphatic heterocycles. The zero-order valence-electron chi connectivity index (χ0n) is 13.3. The summed E-state index contributed by atoms with van der Waals surface area (Å²) in [6.45, 7) is 1.59. The third kappa shape index (κ3) is 5.68. The molecule has 2 rings (SSSR count). The summed E-state index contributed by atoms with van der Waals surface area (Å²) in [7, 11) is -0.478. The fourth-order valence-corrected chi connectivity index (χ4v) is 5.85. The molecule has 0 spiro atoms. The zero-order chi connectivity index (χ0) is 16.8. The van der Waals surface area contributed by atoms with E-state index in [2.05, 4.69) is 0 Å². The number of hydrogen-bond donors (Lipinski definition) is 0. The van der Waals surface area contributed by atoms with Gasteiger partial charge in [-0.05, 0) is 38.3 Å². The van der Waals surface area contributed by atoms with Gasteiger partial charge in [0.05, 0.1) is 12.1 Å². The van der Waals surface area contributed by atoms with Gasteiger partial charge in [-0.2, -0.15) is 0 Å². The highest BCUT2D eigenvalue weighted by Crippen LogP contribution is 2.30. The fourth-order valence-electron chi connectivity index (χ4n) is 2.88. The predicted octanol–water partition coefficient (Wildman–Crippen LogP) is 4.91. The van der Waals surface area contributed by atoms with Crippen LogP contribution in [0.15, 0.2) is 18.2 Å². The van der Waals surface area contributed by atoms with Crippen LogP contribution in [-0.2, 0) is 4.79 Å². The number of halogens is 3. The summed E-state index contributed by atoms with van der Waals surface area (Å²) >= 11 is 0. The van der Waals surface area contributed by atoms with Gasteiger partial charge in [-0.15, -0.1) is 0 Å². The average molecular weight is 343 g/mol. The van der Waals surface area contributed by atoms with Crippen molar-refractivity contribution in [2.24, 2.45) is 5.92 Å². The molecule has 23 heavy (non-hydrogen) atoms. The van der Waals surface area contributed by atoms with E-state index in [-0.39, 0.29) is 17.6 Å². The SMILES string of the molecule is CC(F)CCC[Si]1CCC(C(=O)Oc2ccc(F)c(F)c2)CC1. The van der Waals surface area contributed by atoms with Gasteiger partial charge in [0.2, 0.25) is 0 Å². The van der Waals surface area contributed by atoms with Crippen LogP contribution < -0.4 is 4.74 Å². The summed E-state index contributed by atoms with van der Waals surface area (Å²) in [5.74, 6) is -2.47. The molecule has 1 saturated heterocycles. The predicted molar refractivity (Wildman–Crippen MR) is 84.7 cm³/mol. The second-order valence-electron chi connectivity index (χ2n) is 6.19. The third-order valence-electron chi connectivity index (χ3n) is 4.27. The summed E-state index contributed by atoms with van der Waals surface area (Å²) < 4.78 is 43.9. The van der Waals surface area contributed by atoms with E-state index in [1.54, 1.807) is 6.92 Å². The second kappa shape index (κ2) is 8.52. The molecule has 0 saturated carbocycles. The molecule has 0 N–H and O–H groups in total. The van der Waals surface area contributed by atoms with Gasteiger partial charge in [0.1, 0.15) is 5.75 Å². The monoisotopic (exact) mass is 343 g/mol. The van der Waals surface area contributed by atoms with E-state index >= 15 is 0 Å². The molecular weight excluding hydrogens is 321 g/mol. The summed E-state index contributed by atoms with van der Waals surface area (Å²) in [5, 5.41) is 0. The molecular formula is C17H22F3O2Si. The Balaban J connectivity index is 1.76. The van der Waals surface area contributed by atoms with Crippen LogP contribution in [0.4, 0.5) is 13.2 Å². The molecule has 1 aromatic rings. The Kier molecular flexibility index (Phi) is 6.68. The van der Waals surface area contributed by atoms with Crippen molar-refractivity contribution in [3.63, 3.8) is 0 Å². The van der Waals surface area contributed by atoms with E-state index < -0.39 is 26.6 Å². The lowest BCUT2D eigenvalue weighted by molar-refractivity contribution is -0.139. The van der Waals surface area contributed by atoms with Crippen LogP contribution in [0.25, 0.3) is 0 Å². The van der Waals surface area contributed by atoms with Crippen LogP contribution in [0, 0.1) is 17.6 Å². The number of esters is 1. The second-order valence-corrected chi connectivity index (χ2v) is 9.19. The first kappa shape index (κ1) is 18.0. The standard InChI is InChI=1S/C17H22F3O2Si/c1-12(18)3-2-8-23-9-6-13(7-10-23)17(21)22-14-4-5-15(19)16(20)11-14/h4-5,11-13H,2-3,6-10H2,1H3. The first-order valence-electron chi connectivity index (χ1n) is 8.10. The molecule has 127 valence electrons. The molecule has 6 heteroatoms. The lowest BCUT2D eigenvalue weighted by atomic mass is 10.0. The lowest BCUT2D eigenvalue weighted by Gasteiger charge is -2.26. The van der Waals surface area contributed by atoms with E-state index in [0.717, 1.165) is 49.5 Å². The summed E-state index contributed by atoms with van der Waals surface area (Å²) in [4.78, 5) is 12.1. The van der Waals surface area contributed by atoms with Crippen molar-refractivity contribution in [1.82, 2.24) is 0 Å². The van der Waals surface area contributed by atoms with Crippen LogP contribution in [0.2, 0.25) is 18.1 Å². The van der Waals surface area contributed by atoms with Gasteiger partial charge >= 0.3 is 5.97 Å². The molecule has 0 aromatic heterocycles. The highest BCUT2D eigenvalue weighted by Gasteiger charge is 2.28. The minimum absolute atomic E-state index is 0.0435. The molecule has 1 fully saturated rings. The van der Waals surface area contributed by atoms with Crippen LogP contribution in [0.1, 0.15) is 32.6 Å². The molecule has 1 unspecified atom stereocenters. The summed E-state index contributed by atoms with van der Waals surface area (Å²) in [6, 6.07) is 6.26. The normalized spacial score (nSPS) is 17.9. The van der Waals surface area contributed by atoms with Crippen molar-refractivity contribution in [2.45, 2.75) is 56.9 Å². The maximum atomic E-state index is 13.1. The molecule has 1 radical (unpaired) electrons. The summed E-state index contributed by atoms with van der Waals surface area (Å²) in [5.41, 5.74) is 0. The molecule has 1 atom stereocenters. The van der Waals surface area contributed by atoms with Gasteiger partial charge in [0.25, 0.3) is 0 Å². The number of hydrogen-bond acceptors (Lipinski definition) is 2. The highest BCUT2D eigenvalue weighted by molar-refractivity contribution is 6.59. The molecule has 1 heterocycles. The Morgan fingerprint density at radius 1 is 1.30 bits per heavy atom. The van der Waals surface area contributed by atoms with Crippen LogP contribution in [-0.4, -0.2) is 20.9 Å². The quantitative estimate of drug-likeness (QED) is 0.417. The van der Waals surface area contributed by atoms with Gasteiger partial charge in [-0.25, -0.2) is 13.2 Å². The van der Waals surface area contributed by atoms with E-state index in [4.69, 9.17) is 4.74 Å². The van der Waals surface area contributed by atoms with Gasteiger partial charge in [-0.3, -0.25) is 4.79 Å². The molecule has 0 amide bonds. The van der Waals surface area contributed by atoms with Gasteiger partial charge in [0.15, 0.2) is 11.6 Å². The maximum absolute atomic E-state index is 13.1. The topological polar surface area (TPSA) is 26.3 Å². The number of ether oxygens (including phenoxy) is 1. The Hall–Kier alpha value is -1.30. The molecule has 0 aliphatic carbocycles. The Morgan fingerprint density at radius 3 is 2.61 bits per heavy atom. The first-order valence-corrected chi connectivity index (χ1v) is 10.2. The van der Waals surface area contributed by atoms with Crippen molar-refractivity contribution in [2.75, 3.05) is 0 Å². The number of alkyl halides is 1. The van der Waals surface area contributed by atoms with Crippen molar-refractivity contribution in [1.29, 1.82) is 0 Å². The average Bonchev–Trinajstić information content (AvgIpc) is 2.51. The number of benzene rings is 1.